The second-order valence-corrected chi connectivity index (χ2v) is 7.04. The summed E-state index contributed by atoms with van der Waals surface area (Å²) in [6.07, 6.45) is -3.50. The van der Waals surface area contributed by atoms with Crippen molar-refractivity contribution in [2.75, 3.05) is 0 Å². The van der Waals surface area contributed by atoms with Gasteiger partial charge >= 0.3 is 12.1 Å². The van der Waals surface area contributed by atoms with Crippen LogP contribution in [0.3, 0.4) is 0 Å². The molecule has 0 bridgehead atoms. The lowest BCUT2D eigenvalue weighted by Gasteiger charge is -2.16. The summed E-state index contributed by atoms with van der Waals surface area (Å²) in [5, 5.41) is 8.99. The molecular weight excluding hydrogens is 421 g/mol. The van der Waals surface area contributed by atoms with Crippen molar-refractivity contribution in [2.24, 2.45) is 0 Å². The van der Waals surface area contributed by atoms with Gasteiger partial charge in [0.05, 0.1) is 17.2 Å². The summed E-state index contributed by atoms with van der Waals surface area (Å²) in [5.41, 5.74) is -0.132. The fraction of sp³-hybridized carbons (Fsp3) is 0.227. The molecule has 2 aromatic carbocycles. The number of hydrogen-bond acceptors (Lipinski definition) is 2. The van der Waals surface area contributed by atoms with Gasteiger partial charge in [-0.2, -0.15) is 13.2 Å². The molecule has 1 aromatic heterocycles. The molecule has 1 heterocycles. The number of nitrogens with zero attached hydrogens (tertiary/aromatic N) is 1. The van der Waals surface area contributed by atoms with E-state index in [4.69, 9.17) is 9.84 Å². The number of hydrogen-bond donors (Lipinski definition) is 1. The van der Waals surface area contributed by atoms with E-state index in [0.29, 0.717) is 5.69 Å². The molecule has 31 heavy (non-hydrogen) atoms. The van der Waals surface area contributed by atoms with Crippen molar-refractivity contribution in [3.05, 3.63) is 82.7 Å². The SMILES string of the molecule is Cc1ccc(-n2ccc(C(F)(F)F)c2COc2c(F)cc(C(C)C(=O)O)cc2F)cc1. The summed E-state index contributed by atoms with van der Waals surface area (Å²) in [4.78, 5) is 11.0. The van der Waals surface area contributed by atoms with Gasteiger partial charge in [0.25, 0.3) is 0 Å². The number of carbonyl (C=O) groups is 1. The van der Waals surface area contributed by atoms with Crippen molar-refractivity contribution in [2.45, 2.75) is 32.5 Å². The number of carboxylic acid groups (broad SMARTS) is 1. The summed E-state index contributed by atoms with van der Waals surface area (Å²) in [6, 6.07) is 9.11. The molecule has 1 atom stereocenters. The first-order chi connectivity index (χ1) is 14.5. The highest BCUT2D eigenvalue weighted by molar-refractivity contribution is 5.75. The summed E-state index contributed by atoms with van der Waals surface area (Å²) >= 11 is 0. The van der Waals surface area contributed by atoms with Crippen molar-refractivity contribution >= 4 is 5.97 Å². The number of halogens is 5. The quantitative estimate of drug-likeness (QED) is 0.491. The second kappa shape index (κ2) is 8.41. The van der Waals surface area contributed by atoms with E-state index in [1.165, 1.54) is 17.7 Å². The van der Waals surface area contributed by atoms with Gasteiger partial charge in [0.15, 0.2) is 17.4 Å². The van der Waals surface area contributed by atoms with E-state index in [0.717, 1.165) is 23.8 Å². The minimum absolute atomic E-state index is 0.131. The molecule has 3 rings (SSSR count). The smallest absolute Gasteiger partial charge is 0.418 e. The van der Waals surface area contributed by atoms with Crippen LogP contribution >= 0.6 is 0 Å². The predicted molar refractivity (Wildman–Crippen MR) is 102 cm³/mol. The molecular formula is C22H18F5NO3. The van der Waals surface area contributed by atoms with E-state index in [9.17, 15) is 26.7 Å². The van der Waals surface area contributed by atoms with Gasteiger partial charge in [-0.25, -0.2) is 8.78 Å². The van der Waals surface area contributed by atoms with Gasteiger partial charge in [0.2, 0.25) is 0 Å². The Morgan fingerprint density at radius 1 is 1.10 bits per heavy atom. The molecule has 1 unspecified atom stereocenters. The molecule has 3 aromatic rings. The molecule has 0 saturated carbocycles. The molecule has 0 fully saturated rings. The summed E-state index contributed by atoms with van der Waals surface area (Å²) in [7, 11) is 0. The van der Waals surface area contributed by atoms with Gasteiger partial charge in [-0.1, -0.05) is 17.7 Å². The van der Waals surface area contributed by atoms with Gasteiger partial charge in [-0.05, 0) is 49.7 Å². The molecule has 0 aliphatic carbocycles. The summed E-state index contributed by atoms with van der Waals surface area (Å²) in [5.74, 6) is -5.74. The minimum atomic E-state index is -4.70. The Morgan fingerprint density at radius 3 is 2.19 bits per heavy atom. The van der Waals surface area contributed by atoms with Crippen LogP contribution in [0.4, 0.5) is 22.0 Å². The lowest BCUT2D eigenvalue weighted by Crippen LogP contribution is -2.14. The third kappa shape index (κ3) is 4.70. The normalized spacial score (nSPS) is 12.6. The van der Waals surface area contributed by atoms with Crippen molar-refractivity contribution in [3.63, 3.8) is 0 Å². The highest BCUT2D eigenvalue weighted by Crippen LogP contribution is 2.35. The van der Waals surface area contributed by atoms with Crippen LogP contribution in [0, 0.1) is 18.6 Å². The van der Waals surface area contributed by atoms with Gasteiger partial charge < -0.3 is 14.4 Å². The highest BCUT2D eigenvalue weighted by atomic mass is 19.4. The first-order valence-electron chi connectivity index (χ1n) is 9.18. The van der Waals surface area contributed by atoms with E-state index in [1.54, 1.807) is 24.3 Å². The van der Waals surface area contributed by atoms with Gasteiger partial charge in [-0.15, -0.1) is 0 Å². The number of carboxylic acids is 1. The monoisotopic (exact) mass is 439 g/mol. The van der Waals surface area contributed by atoms with Crippen LogP contribution in [0.1, 0.15) is 35.2 Å². The zero-order valence-corrected chi connectivity index (χ0v) is 16.5. The van der Waals surface area contributed by atoms with Crippen LogP contribution in [-0.2, 0) is 17.6 Å². The molecule has 0 spiro atoms. The van der Waals surface area contributed by atoms with E-state index < -0.39 is 47.6 Å². The van der Waals surface area contributed by atoms with E-state index in [-0.39, 0.29) is 11.3 Å². The fourth-order valence-electron chi connectivity index (χ4n) is 3.07. The lowest BCUT2D eigenvalue weighted by atomic mass is 10.0. The minimum Gasteiger partial charge on any atom is -0.481 e. The van der Waals surface area contributed by atoms with Crippen LogP contribution in [0.2, 0.25) is 0 Å². The molecule has 1 N–H and O–H groups in total. The van der Waals surface area contributed by atoms with Gasteiger partial charge in [-0.3, -0.25) is 4.79 Å². The maximum Gasteiger partial charge on any atom is 0.418 e. The van der Waals surface area contributed by atoms with Crippen LogP contribution in [0.5, 0.6) is 5.75 Å². The fourth-order valence-corrected chi connectivity index (χ4v) is 3.07. The lowest BCUT2D eigenvalue weighted by molar-refractivity contribution is -0.139. The number of rotatable bonds is 6. The largest absolute Gasteiger partial charge is 0.481 e. The average Bonchev–Trinajstić information content (AvgIpc) is 3.11. The third-order valence-electron chi connectivity index (χ3n) is 4.85. The molecule has 0 aliphatic rings. The van der Waals surface area contributed by atoms with Gasteiger partial charge in [0.1, 0.15) is 6.61 Å². The van der Waals surface area contributed by atoms with E-state index in [1.807, 2.05) is 6.92 Å². The number of alkyl halides is 3. The Morgan fingerprint density at radius 2 is 1.68 bits per heavy atom. The Bertz CT molecular complexity index is 1080. The van der Waals surface area contributed by atoms with Crippen molar-refractivity contribution in [1.29, 1.82) is 0 Å². The molecule has 0 amide bonds. The first-order valence-corrected chi connectivity index (χ1v) is 9.18. The van der Waals surface area contributed by atoms with Crippen molar-refractivity contribution in [1.82, 2.24) is 4.57 Å². The third-order valence-corrected chi connectivity index (χ3v) is 4.85. The average molecular weight is 439 g/mol. The molecule has 164 valence electrons. The number of ether oxygens (including phenoxy) is 1. The molecule has 0 radical (unpaired) electrons. The summed E-state index contributed by atoms with van der Waals surface area (Å²) < 4.78 is 75.5. The first kappa shape index (κ1) is 22.3. The van der Waals surface area contributed by atoms with Crippen LogP contribution in [0.15, 0.2) is 48.7 Å². The Kier molecular flexibility index (Phi) is 6.06. The van der Waals surface area contributed by atoms with Gasteiger partial charge in [0, 0.05) is 11.9 Å². The molecule has 4 nitrogen and oxygen atoms in total. The highest BCUT2D eigenvalue weighted by Gasteiger charge is 2.36. The zero-order chi connectivity index (χ0) is 22.9. The zero-order valence-electron chi connectivity index (χ0n) is 16.5. The van der Waals surface area contributed by atoms with Crippen LogP contribution < -0.4 is 4.74 Å². The predicted octanol–water partition coefficient (Wildman–Crippen LogP) is 5.85. The Balaban J connectivity index is 1.97. The Labute approximate surface area is 174 Å². The summed E-state index contributed by atoms with van der Waals surface area (Å²) in [6.45, 7) is 2.31. The van der Waals surface area contributed by atoms with Crippen LogP contribution in [0.25, 0.3) is 5.69 Å². The molecule has 0 aliphatic heterocycles. The topological polar surface area (TPSA) is 51.5 Å². The maximum absolute atomic E-state index is 14.4. The second-order valence-electron chi connectivity index (χ2n) is 7.04. The molecule has 0 saturated heterocycles. The van der Waals surface area contributed by atoms with E-state index in [2.05, 4.69) is 0 Å². The number of aliphatic carboxylic acids is 1. The van der Waals surface area contributed by atoms with Crippen molar-refractivity contribution in [3.8, 4) is 11.4 Å². The van der Waals surface area contributed by atoms with E-state index >= 15 is 0 Å². The number of aryl methyl sites for hydroxylation is 1. The number of aromatic nitrogens is 1. The Hall–Kier alpha value is -3.36. The standard InChI is InChI=1S/C22H18F5NO3/c1-12-3-5-15(6-4-12)28-8-7-16(22(25,26)27)19(28)11-31-20-17(23)9-14(10-18(20)24)13(2)21(29)30/h3-10,13H,11H2,1-2H3,(H,29,30). The maximum atomic E-state index is 14.4. The molecule has 9 heteroatoms. The van der Waals surface area contributed by atoms with Crippen LogP contribution in [-0.4, -0.2) is 15.6 Å². The van der Waals surface area contributed by atoms with Crippen molar-refractivity contribution < 1.29 is 36.6 Å². The number of benzene rings is 2.